The lowest BCUT2D eigenvalue weighted by atomic mass is 10.2. The molecule has 1 aliphatic rings. The van der Waals surface area contributed by atoms with E-state index in [1.807, 2.05) is 13.8 Å². The maximum Gasteiger partial charge on any atom is 0.250 e. The zero-order valence-corrected chi connectivity index (χ0v) is 20.6. The first-order valence-corrected chi connectivity index (χ1v) is 11.5. The number of hydrogen-bond acceptors (Lipinski definition) is 6. The third kappa shape index (κ3) is 4.93. The number of fused-ring (bicyclic) bond motifs is 1. The zero-order valence-electron chi connectivity index (χ0n) is 20.6. The Morgan fingerprint density at radius 1 is 1.08 bits per heavy atom. The van der Waals surface area contributed by atoms with Crippen molar-refractivity contribution in [2.24, 2.45) is 5.11 Å². The van der Waals surface area contributed by atoms with Crippen LogP contribution in [0.5, 0.6) is 5.75 Å². The van der Waals surface area contributed by atoms with Crippen LogP contribution in [0.3, 0.4) is 0 Å². The number of rotatable bonds is 7. The smallest absolute Gasteiger partial charge is 0.250 e. The lowest BCUT2D eigenvalue weighted by Gasteiger charge is -2.31. The van der Waals surface area contributed by atoms with Crippen LogP contribution in [-0.2, 0) is 14.4 Å². The first kappa shape index (κ1) is 25.2. The molecule has 0 spiro atoms. The van der Waals surface area contributed by atoms with Gasteiger partial charge in [0.1, 0.15) is 12.3 Å². The minimum absolute atomic E-state index is 0.236. The van der Waals surface area contributed by atoms with Crippen molar-refractivity contribution < 1.29 is 19.1 Å². The largest absolute Gasteiger partial charge is 0.497 e. The molecule has 0 saturated carbocycles. The number of nitrogens with zero attached hydrogens (tertiary/aromatic N) is 7. The van der Waals surface area contributed by atoms with Gasteiger partial charge in [-0.2, -0.15) is 0 Å². The monoisotopic (exact) mass is 499 g/mol. The summed E-state index contributed by atoms with van der Waals surface area (Å²) in [5, 5.41) is 3.52. The van der Waals surface area contributed by atoms with E-state index >= 15 is 0 Å². The summed E-state index contributed by atoms with van der Waals surface area (Å²) in [5.74, 6) is -1.28. The zero-order chi connectivity index (χ0) is 26.5. The van der Waals surface area contributed by atoms with E-state index in [2.05, 4.69) is 15.0 Å². The Labute approximate surface area is 213 Å². The van der Waals surface area contributed by atoms with Crippen molar-refractivity contribution in [3.05, 3.63) is 83.5 Å². The summed E-state index contributed by atoms with van der Waals surface area (Å²) < 4.78 is 5.21. The second-order valence-electron chi connectivity index (χ2n) is 8.46. The predicted octanol–water partition coefficient (Wildman–Crippen LogP) is 4.22. The fourth-order valence-electron chi connectivity index (χ4n) is 4.24. The molecule has 11 nitrogen and oxygen atoms in total. The van der Waals surface area contributed by atoms with Crippen molar-refractivity contribution in [3.8, 4) is 5.75 Å². The molecule has 1 aliphatic heterocycles. The Hall–Kier alpha value is -4.89. The van der Waals surface area contributed by atoms with Crippen LogP contribution in [0.2, 0.25) is 0 Å². The third-order valence-corrected chi connectivity index (χ3v) is 5.87. The van der Waals surface area contributed by atoms with Crippen LogP contribution in [0.1, 0.15) is 13.8 Å². The van der Waals surface area contributed by atoms with E-state index in [1.165, 1.54) is 16.0 Å². The molecule has 2 aromatic carbocycles. The number of benzene rings is 2. The van der Waals surface area contributed by atoms with Gasteiger partial charge in [-0.25, -0.2) is 0 Å². The van der Waals surface area contributed by atoms with Gasteiger partial charge >= 0.3 is 0 Å². The average molecular weight is 500 g/mol. The van der Waals surface area contributed by atoms with Crippen LogP contribution in [0.15, 0.2) is 78.2 Å². The third-order valence-electron chi connectivity index (χ3n) is 5.87. The van der Waals surface area contributed by atoms with Gasteiger partial charge in [0.15, 0.2) is 6.04 Å². The van der Waals surface area contributed by atoms with Crippen molar-refractivity contribution in [1.29, 1.82) is 0 Å². The molecule has 0 fully saturated rings. The highest BCUT2D eigenvalue weighted by atomic mass is 16.5. The van der Waals surface area contributed by atoms with Crippen LogP contribution in [0, 0.1) is 0 Å². The summed E-state index contributed by atoms with van der Waals surface area (Å²) in [6.45, 7) is 3.33. The molecule has 0 radical (unpaired) electrons. The van der Waals surface area contributed by atoms with Gasteiger partial charge in [0.2, 0.25) is 17.7 Å². The number of para-hydroxylation sites is 2. The number of carbonyl (C=O) groups excluding carboxylic acids is 3. The van der Waals surface area contributed by atoms with Crippen molar-refractivity contribution in [2.75, 3.05) is 28.4 Å². The SMILES string of the molecule is COc1ccc(N(C(=O)CN2C(=O)C(N=[N+]=[N-])C(=O)N(c3cccnc3)c3ccccc32)C(C)C)cc1. The summed E-state index contributed by atoms with van der Waals surface area (Å²) >= 11 is 0. The molecule has 0 saturated heterocycles. The number of amides is 3. The number of azide groups is 1. The van der Waals surface area contributed by atoms with Crippen molar-refractivity contribution in [2.45, 2.75) is 25.9 Å². The quantitative estimate of drug-likeness (QED) is 0.208. The Balaban J connectivity index is 1.79. The highest BCUT2D eigenvalue weighted by Crippen LogP contribution is 2.38. The molecule has 3 amide bonds. The first-order valence-electron chi connectivity index (χ1n) is 11.5. The summed E-state index contributed by atoms with van der Waals surface area (Å²) in [7, 11) is 1.55. The molecule has 1 unspecified atom stereocenters. The fourth-order valence-corrected chi connectivity index (χ4v) is 4.24. The number of ether oxygens (including phenoxy) is 1. The van der Waals surface area contributed by atoms with Gasteiger partial charge in [-0.15, -0.1) is 0 Å². The summed E-state index contributed by atoms with van der Waals surface area (Å²) in [4.78, 5) is 51.7. The second kappa shape index (κ2) is 10.8. The van der Waals surface area contributed by atoms with Crippen LogP contribution in [-0.4, -0.2) is 48.4 Å². The van der Waals surface area contributed by atoms with Gasteiger partial charge in [-0.1, -0.05) is 17.2 Å². The van der Waals surface area contributed by atoms with Gasteiger partial charge < -0.3 is 14.5 Å². The molecule has 2 heterocycles. The van der Waals surface area contributed by atoms with Gasteiger partial charge in [-0.3, -0.25) is 24.3 Å². The number of hydrogen-bond donors (Lipinski definition) is 0. The maximum absolute atomic E-state index is 13.7. The molecule has 3 aromatic rings. The highest BCUT2D eigenvalue weighted by molar-refractivity contribution is 6.24. The average Bonchev–Trinajstić information content (AvgIpc) is 2.99. The molecule has 0 aliphatic carbocycles. The number of pyridine rings is 1. The van der Waals surface area contributed by atoms with Crippen LogP contribution >= 0.6 is 0 Å². The summed E-state index contributed by atoms with van der Waals surface area (Å²) in [6.07, 6.45) is 3.02. The van der Waals surface area contributed by atoms with Crippen molar-refractivity contribution >= 4 is 40.5 Å². The Morgan fingerprint density at radius 2 is 1.78 bits per heavy atom. The maximum atomic E-state index is 13.7. The molecule has 188 valence electrons. The van der Waals surface area contributed by atoms with Crippen molar-refractivity contribution in [3.63, 3.8) is 0 Å². The number of carbonyl (C=O) groups is 3. The van der Waals surface area contributed by atoms with E-state index in [1.54, 1.807) is 78.9 Å². The summed E-state index contributed by atoms with van der Waals surface area (Å²) in [5.41, 5.74) is 10.9. The normalized spacial score (nSPS) is 15.1. The van der Waals surface area contributed by atoms with E-state index in [9.17, 15) is 14.4 Å². The molecule has 0 bridgehead atoms. The summed E-state index contributed by atoms with van der Waals surface area (Å²) in [6, 6.07) is 15.1. The van der Waals surface area contributed by atoms with Crippen LogP contribution in [0.25, 0.3) is 10.4 Å². The molecule has 11 heteroatoms. The number of anilines is 4. The molecule has 4 rings (SSSR count). The molecule has 0 N–H and O–H groups in total. The Morgan fingerprint density at radius 3 is 2.38 bits per heavy atom. The van der Waals surface area contributed by atoms with Gasteiger partial charge in [0.05, 0.1) is 30.4 Å². The van der Waals surface area contributed by atoms with Gasteiger partial charge in [-0.05, 0) is 67.9 Å². The number of methoxy groups -OCH3 is 1. The van der Waals surface area contributed by atoms with Gasteiger partial charge in [0, 0.05) is 22.8 Å². The van der Waals surface area contributed by atoms with E-state index in [0.29, 0.717) is 28.5 Å². The topological polar surface area (TPSA) is 132 Å². The van der Waals surface area contributed by atoms with Crippen LogP contribution in [0.4, 0.5) is 22.7 Å². The Kier molecular flexibility index (Phi) is 7.36. The lowest BCUT2D eigenvalue weighted by Crippen LogP contribution is -2.49. The van der Waals surface area contributed by atoms with E-state index in [-0.39, 0.29) is 18.5 Å². The molecule has 37 heavy (non-hydrogen) atoms. The van der Waals surface area contributed by atoms with E-state index in [0.717, 1.165) is 0 Å². The fraction of sp³-hybridized carbons (Fsp3) is 0.231. The molecular weight excluding hydrogens is 474 g/mol. The van der Waals surface area contributed by atoms with Gasteiger partial charge in [0.25, 0.3) is 0 Å². The second-order valence-corrected chi connectivity index (χ2v) is 8.46. The van der Waals surface area contributed by atoms with E-state index in [4.69, 9.17) is 10.3 Å². The molecule has 1 aromatic heterocycles. The van der Waals surface area contributed by atoms with Crippen LogP contribution < -0.4 is 19.4 Å². The predicted molar refractivity (Wildman–Crippen MR) is 139 cm³/mol. The lowest BCUT2D eigenvalue weighted by molar-refractivity contribution is -0.129. The standard InChI is InChI=1S/C26H25N7O4/c1-17(2)32(18-10-12-20(37-3)13-11-18)23(34)16-31-21-8-4-5-9-22(21)33(19-7-6-14-28-15-19)26(36)24(25(31)35)29-30-27/h4-15,17,24H,16H2,1-3H3. The minimum Gasteiger partial charge on any atom is -0.497 e. The molecular formula is C26H25N7O4. The molecule has 1 atom stereocenters. The Bertz CT molecular complexity index is 1350. The minimum atomic E-state index is -1.71. The van der Waals surface area contributed by atoms with Crippen molar-refractivity contribution in [1.82, 2.24) is 4.98 Å². The van der Waals surface area contributed by atoms with E-state index < -0.39 is 17.9 Å². The highest BCUT2D eigenvalue weighted by Gasteiger charge is 2.41. The first-order chi connectivity index (χ1) is 17.9. The number of aromatic nitrogens is 1.